The van der Waals surface area contributed by atoms with Crippen molar-refractivity contribution in [2.45, 2.75) is 51.9 Å². The first-order valence-corrected chi connectivity index (χ1v) is 8.16. The molecule has 5 aliphatic carbocycles. The Labute approximate surface area is 120 Å². The van der Waals surface area contributed by atoms with E-state index in [2.05, 4.69) is 17.8 Å². The monoisotopic (exact) mass is 276 g/mol. The van der Waals surface area contributed by atoms with Crippen LogP contribution in [0.1, 0.15) is 51.9 Å². The van der Waals surface area contributed by atoms with Gasteiger partial charge in [0.05, 0.1) is 5.41 Å². The Kier molecular flexibility index (Phi) is 2.67. The lowest BCUT2D eigenvalue weighted by Gasteiger charge is -2.55. The second kappa shape index (κ2) is 4.22. The molecule has 0 aliphatic heterocycles. The number of hydrogen-bond donors (Lipinski definition) is 2. The zero-order chi connectivity index (χ0) is 13.9. The van der Waals surface area contributed by atoms with Gasteiger partial charge in [-0.15, -0.1) is 0 Å². The highest BCUT2D eigenvalue weighted by molar-refractivity contribution is 5.87. The van der Waals surface area contributed by atoms with Crippen molar-refractivity contribution < 1.29 is 9.59 Å². The molecule has 5 saturated carbocycles. The van der Waals surface area contributed by atoms with E-state index in [1.807, 2.05) is 0 Å². The maximum atomic E-state index is 12.6. The minimum absolute atomic E-state index is 0.00409. The Balaban J connectivity index is 1.39. The number of hydrogen-bond acceptors (Lipinski definition) is 2. The molecule has 5 aliphatic rings. The fourth-order valence-corrected chi connectivity index (χ4v) is 5.42. The molecule has 2 atom stereocenters. The van der Waals surface area contributed by atoms with Crippen LogP contribution >= 0.6 is 0 Å². The first-order valence-electron chi connectivity index (χ1n) is 8.16. The third kappa shape index (κ3) is 1.95. The Morgan fingerprint density at radius 2 is 1.40 bits per heavy atom. The molecule has 0 saturated heterocycles. The van der Waals surface area contributed by atoms with E-state index in [0.717, 1.165) is 43.4 Å². The largest absolute Gasteiger partial charge is 0.273 e. The molecule has 2 N–H and O–H groups in total. The molecule has 5 rings (SSSR count). The van der Waals surface area contributed by atoms with E-state index in [0.29, 0.717) is 5.92 Å². The molecule has 0 aromatic rings. The second-order valence-corrected chi connectivity index (χ2v) is 7.96. The van der Waals surface area contributed by atoms with Crippen LogP contribution in [0, 0.1) is 35.0 Å². The Hall–Kier alpha value is -1.06. The van der Waals surface area contributed by atoms with Crippen molar-refractivity contribution in [3.05, 3.63) is 0 Å². The smallest absolute Gasteiger partial charge is 0.244 e. The summed E-state index contributed by atoms with van der Waals surface area (Å²) in [5.41, 5.74) is 5.23. The third-order valence-corrected chi connectivity index (χ3v) is 6.27. The average molecular weight is 276 g/mol. The molecule has 0 radical (unpaired) electrons. The van der Waals surface area contributed by atoms with Gasteiger partial charge in [-0.2, -0.15) is 0 Å². The summed E-state index contributed by atoms with van der Waals surface area (Å²) in [6.45, 7) is 2.07. The summed E-state index contributed by atoms with van der Waals surface area (Å²) >= 11 is 0. The van der Waals surface area contributed by atoms with Gasteiger partial charge in [-0.25, -0.2) is 0 Å². The normalized spacial score (nSPS) is 48.0. The van der Waals surface area contributed by atoms with E-state index in [9.17, 15) is 9.59 Å². The van der Waals surface area contributed by atoms with Crippen molar-refractivity contribution in [1.82, 2.24) is 10.9 Å². The Bertz CT molecular complexity index is 424. The van der Waals surface area contributed by atoms with E-state index >= 15 is 0 Å². The standard InChI is InChI=1S/C16H24N2O2/c1-9-2-13(9)14(19)17-18-15(20)16-6-10-3-11(7-16)5-12(4-10)8-16/h9-13H,2-8H2,1H3,(H,17,19)(H,18,20). The lowest BCUT2D eigenvalue weighted by Crippen LogP contribution is -2.57. The van der Waals surface area contributed by atoms with Crippen LogP contribution in [-0.2, 0) is 9.59 Å². The summed E-state index contributed by atoms with van der Waals surface area (Å²) in [4.78, 5) is 24.4. The van der Waals surface area contributed by atoms with E-state index < -0.39 is 0 Å². The first kappa shape index (κ1) is 12.7. The second-order valence-electron chi connectivity index (χ2n) is 7.96. The molecule has 5 fully saturated rings. The predicted molar refractivity (Wildman–Crippen MR) is 74.2 cm³/mol. The third-order valence-electron chi connectivity index (χ3n) is 6.27. The highest BCUT2D eigenvalue weighted by atomic mass is 16.2. The molecule has 0 spiro atoms. The van der Waals surface area contributed by atoms with Crippen LogP contribution < -0.4 is 10.9 Å². The topological polar surface area (TPSA) is 58.2 Å². The SMILES string of the molecule is CC1CC1C(=O)NNC(=O)C12CC3CC(CC(C3)C1)C2. The maximum absolute atomic E-state index is 12.6. The van der Waals surface area contributed by atoms with Crippen LogP contribution in [0.2, 0.25) is 0 Å². The number of rotatable bonds is 2. The summed E-state index contributed by atoms with van der Waals surface area (Å²) in [6.07, 6.45) is 8.08. The van der Waals surface area contributed by atoms with Gasteiger partial charge >= 0.3 is 0 Å². The first-order chi connectivity index (χ1) is 9.56. The minimum atomic E-state index is -0.169. The van der Waals surface area contributed by atoms with Crippen molar-refractivity contribution in [2.75, 3.05) is 0 Å². The fourth-order valence-electron chi connectivity index (χ4n) is 5.42. The van der Waals surface area contributed by atoms with E-state index in [1.54, 1.807) is 0 Å². The molecule has 2 amide bonds. The van der Waals surface area contributed by atoms with Gasteiger partial charge < -0.3 is 0 Å². The molecule has 4 nitrogen and oxygen atoms in total. The number of carbonyl (C=O) groups excluding carboxylic acids is 2. The van der Waals surface area contributed by atoms with Crippen molar-refractivity contribution in [3.63, 3.8) is 0 Å². The average Bonchev–Trinajstić information content (AvgIpc) is 3.11. The van der Waals surface area contributed by atoms with Gasteiger partial charge in [-0.05, 0) is 68.6 Å². The minimum Gasteiger partial charge on any atom is -0.273 e. The van der Waals surface area contributed by atoms with Crippen LogP contribution in [0.3, 0.4) is 0 Å². The van der Waals surface area contributed by atoms with Gasteiger partial charge in [0.2, 0.25) is 11.8 Å². The molecule has 4 bridgehead atoms. The van der Waals surface area contributed by atoms with Crippen molar-refractivity contribution in [1.29, 1.82) is 0 Å². The number of carbonyl (C=O) groups is 2. The Morgan fingerprint density at radius 3 is 1.85 bits per heavy atom. The zero-order valence-electron chi connectivity index (χ0n) is 12.2. The number of hydrazine groups is 1. The van der Waals surface area contributed by atoms with Crippen LogP contribution in [0.5, 0.6) is 0 Å². The fraction of sp³-hybridized carbons (Fsp3) is 0.875. The van der Waals surface area contributed by atoms with E-state index in [1.165, 1.54) is 19.3 Å². The lowest BCUT2D eigenvalue weighted by atomic mass is 9.49. The number of nitrogens with one attached hydrogen (secondary N) is 2. The molecule has 0 aromatic heterocycles. The number of amides is 2. The molecule has 0 aromatic carbocycles. The molecule has 4 heteroatoms. The molecule has 110 valence electrons. The van der Waals surface area contributed by atoms with E-state index in [-0.39, 0.29) is 23.1 Å². The van der Waals surface area contributed by atoms with Crippen molar-refractivity contribution >= 4 is 11.8 Å². The van der Waals surface area contributed by atoms with Crippen LogP contribution in [-0.4, -0.2) is 11.8 Å². The predicted octanol–water partition coefficient (Wildman–Crippen LogP) is 2.01. The molecular weight excluding hydrogens is 252 g/mol. The van der Waals surface area contributed by atoms with Gasteiger partial charge in [0.15, 0.2) is 0 Å². The van der Waals surface area contributed by atoms with Gasteiger partial charge in [-0.3, -0.25) is 20.4 Å². The maximum Gasteiger partial charge on any atom is 0.244 e. The summed E-state index contributed by atoms with van der Waals surface area (Å²) < 4.78 is 0. The zero-order valence-corrected chi connectivity index (χ0v) is 12.2. The Morgan fingerprint density at radius 1 is 0.900 bits per heavy atom. The van der Waals surface area contributed by atoms with Gasteiger partial charge in [0, 0.05) is 5.92 Å². The van der Waals surface area contributed by atoms with Gasteiger partial charge in [-0.1, -0.05) is 6.92 Å². The quantitative estimate of drug-likeness (QED) is 0.758. The molecule has 0 heterocycles. The lowest BCUT2D eigenvalue weighted by molar-refractivity contribution is -0.149. The molecule has 2 unspecified atom stereocenters. The summed E-state index contributed by atoms with van der Waals surface area (Å²) in [7, 11) is 0. The van der Waals surface area contributed by atoms with Crippen LogP contribution in [0.4, 0.5) is 0 Å². The van der Waals surface area contributed by atoms with Crippen LogP contribution in [0.15, 0.2) is 0 Å². The summed E-state index contributed by atoms with van der Waals surface area (Å²) in [5, 5.41) is 0. The highest BCUT2D eigenvalue weighted by Gasteiger charge is 2.54. The molecular formula is C16H24N2O2. The van der Waals surface area contributed by atoms with Gasteiger partial charge in [0.1, 0.15) is 0 Å². The van der Waals surface area contributed by atoms with Crippen molar-refractivity contribution in [3.8, 4) is 0 Å². The van der Waals surface area contributed by atoms with Gasteiger partial charge in [0.25, 0.3) is 0 Å². The molecule has 20 heavy (non-hydrogen) atoms. The van der Waals surface area contributed by atoms with E-state index in [4.69, 9.17) is 0 Å². The highest BCUT2D eigenvalue weighted by Crippen LogP contribution is 2.60. The van der Waals surface area contributed by atoms with Crippen molar-refractivity contribution in [2.24, 2.45) is 35.0 Å². The summed E-state index contributed by atoms with van der Waals surface area (Å²) in [5.74, 6) is 2.94. The van der Waals surface area contributed by atoms with Crippen LogP contribution in [0.25, 0.3) is 0 Å². The summed E-state index contributed by atoms with van der Waals surface area (Å²) in [6, 6.07) is 0.